The Morgan fingerprint density at radius 2 is 1.83 bits per heavy atom. The van der Waals surface area contributed by atoms with Crippen LogP contribution in [0.3, 0.4) is 0 Å². The second kappa shape index (κ2) is 9.46. The molecular weight excluding hydrogens is 481 g/mol. The van der Waals surface area contributed by atoms with E-state index in [-0.39, 0.29) is 27.8 Å². The molecule has 0 spiro atoms. The van der Waals surface area contributed by atoms with E-state index in [9.17, 15) is 26.4 Å². The van der Waals surface area contributed by atoms with Crippen molar-refractivity contribution in [2.24, 2.45) is 11.8 Å². The summed E-state index contributed by atoms with van der Waals surface area (Å²) in [6, 6.07) is 9.05. The third-order valence-electron chi connectivity index (χ3n) is 5.92. The second-order valence-corrected chi connectivity index (χ2v) is 10.9. The Bertz CT molecular complexity index is 1370. The number of hydrogen-bond donors (Lipinski definition) is 1. The van der Waals surface area contributed by atoms with Gasteiger partial charge in [0.1, 0.15) is 0 Å². The van der Waals surface area contributed by atoms with Crippen LogP contribution in [0.4, 0.5) is 13.2 Å². The second-order valence-electron chi connectivity index (χ2n) is 8.94. The molecule has 1 saturated heterocycles. The first-order chi connectivity index (χ1) is 16.4. The van der Waals surface area contributed by atoms with Crippen molar-refractivity contribution in [3.8, 4) is 0 Å². The average molecular weight is 507 g/mol. The summed E-state index contributed by atoms with van der Waals surface area (Å²) in [4.78, 5) is 16.7. The van der Waals surface area contributed by atoms with Crippen LogP contribution in [0.2, 0.25) is 0 Å². The fourth-order valence-electron chi connectivity index (χ4n) is 4.35. The van der Waals surface area contributed by atoms with Crippen molar-refractivity contribution in [1.29, 1.82) is 0 Å². The summed E-state index contributed by atoms with van der Waals surface area (Å²) in [6.45, 7) is 4.92. The van der Waals surface area contributed by atoms with Gasteiger partial charge in [0, 0.05) is 31.1 Å². The molecule has 186 valence electrons. The average Bonchev–Trinajstić information content (AvgIpc) is 3.20. The van der Waals surface area contributed by atoms with Crippen LogP contribution < -0.4 is 5.32 Å². The normalized spacial score (nSPS) is 19.9. The van der Waals surface area contributed by atoms with E-state index < -0.39 is 27.7 Å². The van der Waals surface area contributed by atoms with E-state index in [1.54, 1.807) is 0 Å². The highest BCUT2D eigenvalue weighted by atomic mass is 32.2. The molecule has 0 aliphatic carbocycles. The van der Waals surface area contributed by atoms with Crippen LogP contribution in [0.15, 0.2) is 59.9 Å². The minimum atomic E-state index is -4.46. The number of piperidine rings is 1. The number of rotatable bonds is 5. The van der Waals surface area contributed by atoms with Gasteiger partial charge < -0.3 is 9.88 Å². The molecule has 2 atom stereocenters. The van der Waals surface area contributed by atoms with Crippen LogP contribution in [0.5, 0.6) is 0 Å². The van der Waals surface area contributed by atoms with Crippen LogP contribution in [-0.2, 0) is 16.2 Å². The number of alkyl halides is 3. The van der Waals surface area contributed by atoms with E-state index in [4.69, 9.17) is 0 Å². The molecule has 1 fully saturated rings. The van der Waals surface area contributed by atoms with Crippen molar-refractivity contribution < 1.29 is 26.4 Å². The number of nitrogens with zero attached hydrogens (tertiary/aromatic N) is 3. The van der Waals surface area contributed by atoms with Gasteiger partial charge in [0.15, 0.2) is 0 Å². The summed E-state index contributed by atoms with van der Waals surface area (Å²) >= 11 is 0. The van der Waals surface area contributed by atoms with Gasteiger partial charge in [-0.3, -0.25) is 4.79 Å². The molecule has 0 saturated carbocycles. The predicted molar refractivity (Wildman–Crippen MR) is 126 cm³/mol. The SMILES string of the molecule is C[C@H]1C[C@H](C)CN(S(=O)(=O)c2cccc(C(=O)N/C=C/n3cnc4cc(C(F)(F)F)ccc43)c2)C1. The highest BCUT2D eigenvalue weighted by Crippen LogP contribution is 2.31. The van der Waals surface area contributed by atoms with Crippen molar-refractivity contribution in [3.63, 3.8) is 0 Å². The molecule has 3 aromatic rings. The Morgan fingerprint density at radius 1 is 1.11 bits per heavy atom. The first-order valence-electron chi connectivity index (χ1n) is 11.1. The lowest BCUT2D eigenvalue weighted by Gasteiger charge is -2.34. The molecule has 35 heavy (non-hydrogen) atoms. The first kappa shape index (κ1) is 24.9. The molecule has 11 heteroatoms. The van der Waals surface area contributed by atoms with Crippen molar-refractivity contribution in [2.45, 2.75) is 31.3 Å². The van der Waals surface area contributed by atoms with Gasteiger partial charge in [-0.1, -0.05) is 19.9 Å². The standard InChI is InChI=1S/C24H25F3N4O3S/c1-16-10-17(2)14-31(13-16)35(33,34)20-5-3-4-18(11-20)23(32)28-8-9-30-15-29-21-12-19(24(25,26)27)6-7-22(21)30/h3-9,11-12,15-17H,10,13-14H2,1-2H3,(H,28,32)/b9-8+/t16-,17-/m0/s1. The highest BCUT2D eigenvalue weighted by Gasteiger charge is 2.32. The van der Waals surface area contributed by atoms with Gasteiger partial charge in [0.25, 0.3) is 5.91 Å². The fourth-order valence-corrected chi connectivity index (χ4v) is 6.08. The van der Waals surface area contributed by atoms with Gasteiger partial charge in [-0.15, -0.1) is 0 Å². The topological polar surface area (TPSA) is 84.3 Å². The molecule has 1 amide bonds. The number of imidazole rings is 1. The molecule has 2 heterocycles. The van der Waals surface area contributed by atoms with E-state index in [0.29, 0.717) is 18.6 Å². The summed E-state index contributed by atoms with van der Waals surface area (Å²) < 4.78 is 67.8. The lowest BCUT2D eigenvalue weighted by Crippen LogP contribution is -2.42. The fraction of sp³-hybridized carbons (Fsp3) is 0.333. The van der Waals surface area contributed by atoms with Crippen LogP contribution in [0, 0.1) is 11.8 Å². The van der Waals surface area contributed by atoms with E-state index in [1.807, 2.05) is 13.8 Å². The summed E-state index contributed by atoms with van der Waals surface area (Å²) in [5.74, 6) is -0.0173. The van der Waals surface area contributed by atoms with E-state index in [0.717, 1.165) is 18.6 Å². The number of carbonyl (C=O) groups is 1. The third kappa shape index (κ3) is 5.40. The molecule has 1 aliphatic rings. The van der Waals surface area contributed by atoms with Crippen molar-refractivity contribution in [2.75, 3.05) is 13.1 Å². The molecule has 7 nitrogen and oxygen atoms in total. The van der Waals surface area contributed by atoms with Crippen LogP contribution >= 0.6 is 0 Å². The van der Waals surface area contributed by atoms with E-state index in [2.05, 4.69) is 10.3 Å². The van der Waals surface area contributed by atoms with Crippen molar-refractivity contribution >= 4 is 33.2 Å². The molecule has 0 bridgehead atoms. The molecular formula is C24H25F3N4O3S. The number of nitrogens with one attached hydrogen (secondary N) is 1. The minimum absolute atomic E-state index is 0.0523. The maximum atomic E-state index is 13.1. The lowest BCUT2D eigenvalue weighted by atomic mass is 9.94. The minimum Gasteiger partial charge on any atom is -0.327 e. The number of benzene rings is 2. The quantitative estimate of drug-likeness (QED) is 0.549. The molecule has 4 rings (SSSR count). The van der Waals surface area contributed by atoms with Gasteiger partial charge in [-0.25, -0.2) is 13.4 Å². The van der Waals surface area contributed by atoms with Gasteiger partial charge in [-0.2, -0.15) is 17.5 Å². The number of fused-ring (bicyclic) bond motifs is 1. The molecule has 1 aliphatic heterocycles. The zero-order valence-corrected chi connectivity index (χ0v) is 20.0. The Balaban J connectivity index is 1.48. The smallest absolute Gasteiger partial charge is 0.327 e. The predicted octanol–water partition coefficient (Wildman–Crippen LogP) is 4.58. The Labute approximate surface area is 201 Å². The first-order valence-corrected chi connectivity index (χ1v) is 12.5. The monoisotopic (exact) mass is 506 g/mol. The largest absolute Gasteiger partial charge is 0.416 e. The van der Waals surface area contributed by atoms with Crippen LogP contribution in [0.25, 0.3) is 17.2 Å². The molecule has 0 radical (unpaired) electrons. The molecule has 0 unspecified atom stereocenters. The molecule has 2 aromatic carbocycles. The van der Waals surface area contributed by atoms with Crippen molar-refractivity contribution in [1.82, 2.24) is 19.2 Å². The summed E-state index contributed by atoms with van der Waals surface area (Å²) in [5, 5.41) is 2.55. The summed E-state index contributed by atoms with van der Waals surface area (Å²) in [5.41, 5.74) is -0.0355. The van der Waals surface area contributed by atoms with Crippen molar-refractivity contribution in [3.05, 3.63) is 66.1 Å². The zero-order chi connectivity index (χ0) is 25.4. The Kier molecular flexibility index (Phi) is 6.74. The summed E-state index contributed by atoms with van der Waals surface area (Å²) in [6.07, 6.45) is 0.597. The number of carbonyl (C=O) groups excluding carboxylic acids is 1. The van der Waals surface area contributed by atoms with Gasteiger partial charge in [0.05, 0.1) is 27.8 Å². The number of sulfonamides is 1. The number of aromatic nitrogens is 2. The maximum Gasteiger partial charge on any atom is 0.416 e. The third-order valence-corrected chi connectivity index (χ3v) is 7.75. The Morgan fingerprint density at radius 3 is 2.51 bits per heavy atom. The Hall–Kier alpha value is -3.18. The summed E-state index contributed by atoms with van der Waals surface area (Å²) in [7, 11) is -3.74. The molecule has 1 N–H and O–H groups in total. The van der Waals surface area contributed by atoms with Gasteiger partial charge in [-0.05, 0) is 54.7 Å². The van der Waals surface area contributed by atoms with Crippen LogP contribution in [-0.4, -0.2) is 41.3 Å². The highest BCUT2D eigenvalue weighted by molar-refractivity contribution is 7.89. The van der Waals surface area contributed by atoms with E-state index >= 15 is 0 Å². The van der Waals surface area contributed by atoms with E-state index in [1.165, 1.54) is 57.9 Å². The number of amides is 1. The van der Waals surface area contributed by atoms with Crippen LogP contribution in [0.1, 0.15) is 36.2 Å². The lowest BCUT2D eigenvalue weighted by molar-refractivity contribution is -0.137. The van der Waals surface area contributed by atoms with Gasteiger partial charge >= 0.3 is 6.18 Å². The molecule has 1 aromatic heterocycles. The van der Waals surface area contributed by atoms with Gasteiger partial charge in [0.2, 0.25) is 10.0 Å². The number of halogens is 3. The maximum absolute atomic E-state index is 13.1. The zero-order valence-electron chi connectivity index (χ0n) is 19.2. The number of hydrogen-bond acceptors (Lipinski definition) is 4.